The van der Waals surface area contributed by atoms with Crippen molar-refractivity contribution in [2.45, 2.75) is 30.2 Å². The molecule has 0 bridgehead atoms. The average molecular weight is 482 g/mol. The number of ether oxygens (including phenoxy) is 1. The van der Waals surface area contributed by atoms with Gasteiger partial charge in [0.15, 0.2) is 0 Å². The molecule has 0 aliphatic carbocycles. The first-order valence-electron chi connectivity index (χ1n) is 9.93. The number of halogens is 1. The normalized spacial score (nSPS) is 14.3. The van der Waals surface area contributed by atoms with E-state index in [1.54, 1.807) is 10.8 Å². The predicted octanol–water partition coefficient (Wildman–Crippen LogP) is 2.53. The summed E-state index contributed by atoms with van der Waals surface area (Å²) in [7, 11) is -3.03. The van der Waals surface area contributed by atoms with Gasteiger partial charge in [0, 0.05) is 29.5 Å². The summed E-state index contributed by atoms with van der Waals surface area (Å²) < 4.78 is 30.3. The van der Waals surface area contributed by atoms with Crippen LogP contribution in [0.2, 0.25) is 5.02 Å². The van der Waals surface area contributed by atoms with Crippen molar-refractivity contribution >= 4 is 45.0 Å². The summed E-state index contributed by atoms with van der Waals surface area (Å²) in [6.45, 7) is 0.483. The molecule has 0 unspecified atom stereocenters. The van der Waals surface area contributed by atoms with Gasteiger partial charge in [-0.15, -0.1) is 0 Å². The molecule has 2 aromatic carbocycles. The van der Waals surface area contributed by atoms with E-state index in [4.69, 9.17) is 11.6 Å². The molecular weight excluding hydrogens is 458 g/mol. The zero-order chi connectivity index (χ0) is 23.3. The second-order valence-corrected chi connectivity index (χ2v) is 9.33. The molecule has 1 aliphatic heterocycles. The van der Waals surface area contributed by atoms with Crippen LogP contribution in [0, 0.1) is 0 Å². The Labute approximate surface area is 191 Å². The molecule has 1 heterocycles. The molecule has 9 nitrogen and oxygen atoms in total. The number of hydrogen-bond donors (Lipinski definition) is 3. The number of rotatable bonds is 7. The van der Waals surface area contributed by atoms with E-state index in [1.807, 2.05) is 17.0 Å². The van der Waals surface area contributed by atoms with Crippen LogP contribution in [0.15, 0.2) is 47.4 Å². The van der Waals surface area contributed by atoms with E-state index in [0.717, 1.165) is 31.2 Å². The largest absolute Gasteiger partial charge is 0.452 e. The Morgan fingerprint density at radius 1 is 1.22 bits per heavy atom. The van der Waals surface area contributed by atoms with Crippen LogP contribution < -0.4 is 14.9 Å². The highest BCUT2D eigenvalue weighted by atomic mass is 35.5. The quantitative estimate of drug-likeness (QED) is 0.554. The number of aryl methyl sites for hydroxylation is 1. The molecule has 3 N–H and O–H groups in total. The number of carbonyl (C=O) groups excluding carboxylic acids is 2. The Hall–Kier alpha value is -2.82. The van der Waals surface area contributed by atoms with Crippen molar-refractivity contribution in [2.24, 2.45) is 0 Å². The van der Waals surface area contributed by atoms with Crippen LogP contribution >= 0.6 is 11.6 Å². The van der Waals surface area contributed by atoms with Gasteiger partial charge < -0.3 is 20.1 Å². The number of benzene rings is 2. The van der Waals surface area contributed by atoms with Crippen LogP contribution in [0.25, 0.3) is 0 Å². The van der Waals surface area contributed by atoms with E-state index in [2.05, 4.69) is 10.1 Å². The van der Waals surface area contributed by atoms with Crippen molar-refractivity contribution in [3.8, 4) is 0 Å². The van der Waals surface area contributed by atoms with Gasteiger partial charge in [-0.25, -0.2) is 17.9 Å². The molecule has 0 saturated heterocycles. The van der Waals surface area contributed by atoms with Crippen LogP contribution in [0.3, 0.4) is 0 Å². The zero-order valence-corrected chi connectivity index (χ0v) is 18.9. The number of nitrogens with one attached hydrogen (secondary N) is 2. The third-order valence-corrected chi connectivity index (χ3v) is 6.68. The number of sulfonamides is 1. The van der Waals surface area contributed by atoms with E-state index >= 15 is 0 Å². The summed E-state index contributed by atoms with van der Waals surface area (Å²) in [5.74, 6) is -0.329. The fourth-order valence-electron chi connectivity index (χ4n) is 3.62. The van der Waals surface area contributed by atoms with E-state index < -0.39 is 22.2 Å². The molecule has 3 rings (SSSR count). The van der Waals surface area contributed by atoms with Gasteiger partial charge in [0.1, 0.15) is 6.04 Å². The summed E-state index contributed by atoms with van der Waals surface area (Å²) >= 11 is 6.11. The molecular formula is C21H24ClN3O6S. The molecule has 172 valence electrons. The number of carbonyl (C=O) groups is 2. The smallest absolute Gasteiger partial charge is 0.420 e. The minimum Gasteiger partial charge on any atom is -0.452 e. The van der Waals surface area contributed by atoms with Crippen molar-refractivity contribution in [1.82, 2.24) is 4.72 Å². The number of fused-ring (bicyclic) bond motifs is 1. The molecule has 11 heteroatoms. The summed E-state index contributed by atoms with van der Waals surface area (Å²) in [6, 6.07) is 10.3. The van der Waals surface area contributed by atoms with Gasteiger partial charge in [0.05, 0.1) is 12.0 Å². The number of methoxy groups -OCH3 is 1. The number of aliphatic hydroxyl groups is 1. The lowest BCUT2D eigenvalue weighted by atomic mass is 9.98. The van der Waals surface area contributed by atoms with Gasteiger partial charge >= 0.3 is 6.09 Å². The highest BCUT2D eigenvalue weighted by molar-refractivity contribution is 7.90. The fraction of sp³-hybridized carbons (Fsp3) is 0.333. The van der Waals surface area contributed by atoms with E-state index in [9.17, 15) is 23.1 Å². The van der Waals surface area contributed by atoms with Crippen molar-refractivity contribution in [1.29, 1.82) is 0 Å². The van der Waals surface area contributed by atoms with Gasteiger partial charge in [-0.2, -0.15) is 0 Å². The standard InChI is InChI=1S/C21H24ClN3O6S/c1-31-21(28)24-32(29,30)17-7-5-16(6-8-17)23-20(27)19(10-12-26)25-11-2-3-14-13-15(22)4-9-18(14)25/h4-9,13,19,26H,2-3,10-12H2,1H3,(H,23,27)(H,24,28)/t19-/m0/s1. The van der Waals surface area contributed by atoms with Crippen LogP contribution in [0.4, 0.5) is 16.2 Å². The van der Waals surface area contributed by atoms with Gasteiger partial charge in [0.2, 0.25) is 5.91 Å². The number of amides is 2. The van der Waals surface area contributed by atoms with Crippen LogP contribution in [0.1, 0.15) is 18.4 Å². The topological polar surface area (TPSA) is 125 Å². The Morgan fingerprint density at radius 3 is 2.59 bits per heavy atom. The second-order valence-electron chi connectivity index (χ2n) is 7.21. The Morgan fingerprint density at radius 2 is 1.94 bits per heavy atom. The first-order chi connectivity index (χ1) is 15.2. The van der Waals surface area contributed by atoms with Crippen molar-refractivity contribution < 1.29 is 27.9 Å². The molecule has 0 fully saturated rings. The number of hydrogen-bond acceptors (Lipinski definition) is 7. The number of anilines is 2. The van der Waals surface area contributed by atoms with Crippen LogP contribution in [-0.2, 0) is 26.0 Å². The van der Waals surface area contributed by atoms with E-state index in [1.165, 1.54) is 24.3 Å². The maximum absolute atomic E-state index is 13.1. The lowest BCUT2D eigenvalue weighted by Gasteiger charge is -2.37. The monoisotopic (exact) mass is 481 g/mol. The summed E-state index contributed by atoms with van der Waals surface area (Å²) in [5, 5.41) is 13.0. The van der Waals surface area contributed by atoms with Crippen molar-refractivity contribution in [2.75, 3.05) is 30.5 Å². The fourth-order valence-corrected chi connectivity index (χ4v) is 4.73. The first kappa shape index (κ1) is 23.8. The zero-order valence-electron chi connectivity index (χ0n) is 17.4. The van der Waals surface area contributed by atoms with E-state index in [-0.39, 0.29) is 23.8 Å². The molecule has 0 spiro atoms. The lowest BCUT2D eigenvalue weighted by molar-refractivity contribution is -0.117. The molecule has 0 saturated carbocycles. The van der Waals surface area contributed by atoms with Gasteiger partial charge in [-0.3, -0.25) is 4.79 Å². The number of nitrogens with zero attached hydrogens (tertiary/aromatic N) is 1. The van der Waals surface area contributed by atoms with Crippen molar-refractivity contribution in [3.63, 3.8) is 0 Å². The minimum absolute atomic E-state index is 0.158. The molecule has 0 radical (unpaired) electrons. The minimum atomic E-state index is -4.09. The molecule has 0 aromatic heterocycles. The third kappa shape index (κ3) is 5.50. The number of aliphatic hydroxyl groups excluding tert-OH is 1. The molecule has 2 aromatic rings. The SMILES string of the molecule is COC(=O)NS(=O)(=O)c1ccc(NC(=O)[C@H](CCO)N2CCCc3cc(Cl)ccc32)cc1. The van der Waals surface area contributed by atoms with Crippen LogP contribution in [0.5, 0.6) is 0 Å². The molecule has 32 heavy (non-hydrogen) atoms. The maximum Gasteiger partial charge on any atom is 0.420 e. The molecule has 2 amide bonds. The summed E-state index contributed by atoms with van der Waals surface area (Å²) in [6.07, 6.45) is 0.832. The van der Waals surface area contributed by atoms with Crippen LogP contribution in [-0.4, -0.2) is 51.8 Å². The predicted molar refractivity (Wildman–Crippen MR) is 120 cm³/mol. The van der Waals surface area contributed by atoms with Gasteiger partial charge in [-0.1, -0.05) is 11.6 Å². The highest BCUT2D eigenvalue weighted by Gasteiger charge is 2.29. The summed E-state index contributed by atoms with van der Waals surface area (Å²) in [4.78, 5) is 26.1. The Bertz CT molecular complexity index is 1090. The van der Waals surface area contributed by atoms with Gasteiger partial charge in [0.25, 0.3) is 10.0 Å². The van der Waals surface area contributed by atoms with E-state index in [0.29, 0.717) is 17.3 Å². The van der Waals surface area contributed by atoms with Gasteiger partial charge in [-0.05, 0) is 67.3 Å². The third-order valence-electron chi connectivity index (χ3n) is 5.11. The molecule has 1 atom stereocenters. The summed E-state index contributed by atoms with van der Waals surface area (Å²) in [5.41, 5.74) is 2.33. The lowest BCUT2D eigenvalue weighted by Crippen LogP contribution is -2.47. The molecule has 1 aliphatic rings. The maximum atomic E-state index is 13.1. The first-order valence-corrected chi connectivity index (χ1v) is 11.8. The highest BCUT2D eigenvalue weighted by Crippen LogP contribution is 2.32. The Kier molecular flexibility index (Phi) is 7.60. The average Bonchev–Trinajstić information content (AvgIpc) is 2.76. The second kappa shape index (κ2) is 10.2. The Balaban J connectivity index is 1.77. The van der Waals surface area contributed by atoms with Crippen molar-refractivity contribution in [3.05, 3.63) is 53.1 Å².